The van der Waals surface area contributed by atoms with E-state index < -0.39 is 23.4 Å². The van der Waals surface area contributed by atoms with Crippen molar-refractivity contribution in [2.24, 2.45) is 0 Å². The Morgan fingerprint density at radius 3 is 1.47 bits per heavy atom. The Morgan fingerprint density at radius 1 is 1.00 bits per heavy atom. The van der Waals surface area contributed by atoms with Crippen molar-refractivity contribution in [3.05, 3.63) is 25.3 Å². The molecule has 3 nitrogen and oxygen atoms in total. The number of aliphatic hydroxyl groups is 2. The van der Waals surface area contributed by atoms with E-state index in [0.29, 0.717) is 12.8 Å². The zero-order chi connectivity index (χ0) is 13.7. The number of ether oxygens (including phenoxy) is 1. The molecule has 0 rings (SSSR count). The van der Waals surface area contributed by atoms with Crippen molar-refractivity contribution in [3.8, 4) is 0 Å². The molecule has 0 aromatic heterocycles. The third-order valence-electron chi connectivity index (χ3n) is 2.73. The molecule has 0 aliphatic rings. The maximum Gasteiger partial charge on any atom is 0.0868 e. The Hall–Kier alpha value is -0.640. The molecule has 0 aliphatic heterocycles. The molecule has 17 heavy (non-hydrogen) atoms. The lowest BCUT2D eigenvalue weighted by molar-refractivity contribution is -0.118. The van der Waals surface area contributed by atoms with Gasteiger partial charge in [0.15, 0.2) is 0 Å². The summed E-state index contributed by atoms with van der Waals surface area (Å²) in [5.74, 6) is 0. The largest absolute Gasteiger partial charge is 0.393 e. The Morgan fingerprint density at radius 2 is 1.29 bits per heavy atom. The lowest BCUT2D eigenvalue weighted by Gasteiger charge is -2.38. The van der Waals surface area contributed by atoms with Crippen molar-refractivity contribution >= 4 is 0 Å². The van der Waals surface area contributed by atoms with Crippen LogP contribution in [0.15, 0.2) is 25.3 Å². The monoisotopic (exact) mass is 242 g/mol. The molecular formula is C14H26O3. The van der Waals surface area contributed by atoms with Crippen LogP contribution in [0.25, 0.3) is 0 Å². The standard InChI is InChI=1S/C14H26O3/c1-7-13(5,9-11(3)15)17-14(6,8-2)10-12(4)16/h7-8,11-12,15-16H,1-2,9-10H2,3-6H3. The van der Waals surface area contributed by atoms with Crippen LogP contribution in [-0.2, 0) is 4.74 Å². The molecule has 0 bridgehead atoms. The van der Waals surface area contributed by atoms with Gasteiger partial charge in [-0.2, -0.15) is 0 Å². The van der Waals surface area contributed by atoms with Gasteiger partial charge in [-0.25, -0.2) is 0 Å². The van der Waals surface area contributed by atoms with Gasteiger partial charge >= 0.3 is 0 Å². The molecule has 0 saturated heterocycles. The first kappa shape index (κ1) is 16.4. The predicted octanol–water partition coefficient (Wildman–Crippen LogP) is 2.43. The van der Waals surface area contributed by atoms with Gasteiger partial charge in [0.05, 0.1) is 23.4 Å². The van der Waals surface area contributed by atoms with Gasteiger partial charge in [0.2, 0.25) is 0 Å². The van der Waals surface area contributed by atoms with Crippen molar-refractivity contribution in [2.75, 3.05) is 0 Å². The number of aliphatic hydroxyl groups excluding tert-OH is 2. The highest BCUT2D eigenvalue weighted by Crippen LogP contribution is 2.30. The van der Waals surface area contributed by atoms with Gasteiger partial charge in [0.1, 0.15) is 0 Å². The van der Waals surface area contributed by atoms with Gasteiger partial charge in [0.25, 0.3) is 0 Å². The number of rotatable bonds is 8. The summed E-state index contributed by atoms with van der Waals surface area (Å²) in [6, 6.07) is 0. The summed E-state index contributed by atoms with van der Waals surface area (Å²) in [5, 5.41) is 18.9. The van der Waals surface area contributed by atoms with E-state index in [0.717, 1.165) is 0 Å². The minimum atomic E-state index is -0.633. The summed E-state index contributed by atoms with van der Waals surface area (Å²) in [7, 11) is 0. The van der Waals surface area contributed by atoms with E-state index in [1.807, 2.05) is 13.8 Å². The fraction of sp³-hybridized carbons (Fsp3) is 0.714. The van der Waals surface area contributed by atoms with E-state index in [1.54, 1.807) is 26.0 Å². The molecule has 0 spiro atoms. The van der Waals surface area contributed by atoms with Crippen LogP contribution in [0.2, 0.25) is 0 Å². The number of hydrogen-bond donors (Lipinski definition) is 2. The fourth-order valence-electron chi connectivity index (χ4n) is 2.04. The lowest BCUT2D eigenvalue weighted by Crippen LogP contribution is -2.42. The van der Waals surface area contributed by atoms with Gasteiger partial charge in [-0.15, -0.1) is 13.2 Å². The Kier molecular flexibility index (Phi) is 6.10. The molecule has 0 radical (unpaired) electrons. The Balaban J connectivity index is 4.82. The van der Waals surface area contributed by atoms with Gasteiger partial charge in [-0.05, 0) is 27.7 Å². The minimum absolute atomic E-state index is 0.458. The van der Waals surface area contributed by atoms with E-state index in [4.69, 9.17) is 4.74 Å². The van der Waals surface area contributed by atoms with Crippen LogP contribution >= 0.6 is 0 Å². The van der Waals surface area contributed by atoms with E-state index >= 15 is 0 Å². The summed E-state index contributed by atoms with van der Waals surface area (Å²) >= 11 is 0. The lowest BCUT2D eigenvalue weighted by atomic mass is 9.93. The SMILES string of the molecule is C=CC(C)(CC(C)O)OC(C)(C=C)CC(C)O. The minimum Gasteiger partial charge on any atom is -0.393 e. The van der Waals surface area contributed by atoms with Crippen molar-refractivity contribution in [1.29, 1.82) is 0 Å². The molecule has 4 unspecified atom stereocenters. The summed E-state index contributed by atoms with van der Waals surface area (Å²) < 4.78 is 5.99. The summed E-state index contributed by atoms with van der Waals surface area (Å²) in [4.78, 5) is 0. The third-order valence-corrected chi connectivity index (χ3v) is 2.73. The van der Waals surface area contributed by atoms with Crippen LogP contribution in [0.4, 0.5) is 0 Å². The van der Waals surface area contributed by atoms with Crippen LogP contribution in [-0.4, -0.2) is 33.6 Å². The average molecular weight is 242 g/mol. The third kappa shape index (κ3) is 6.01. The molecule has 0 aliphatic carbocycles. The van der Waals surface area contributed by atoms with Gasteiger partial charge in [0, 0.05) is 12.8 Å². The van der Waals surface area contributed by atoms with Crippen LogP contribution in [0.1, 0.15) is 40.5 Å². The first-order chi connectivity index (χ1) is 7.66. The van der Waals surface area contributed by atoms with Gasteiger partial charge < -0.3 is 14.9 Å². The van der Waals surface area contributed by atoms with Crippen LogP contribution in [0, 0.1) is 0 Å². The fourth-order valence-corrected chi connectivity index (χ4v) is 2.04. The maximum absolute atomic E-state index is 9.47. The average Bonchev–Trinajstić information content (AvgIpc) is 2.15. The Labute approximate surface area is 105 Å². The van der Waals surface area contributed by atoms with E-state index in [9.17, 15) is 10.2 Å². The second-order valence-electron chi connectivity index (χ2n) is 5.24. The van der Waals surface area contributed by atoms with Crippen LogP contribution in [0.5, 0.6) is 0 Å². The van der Waals surface area contributed by atoms with E-state index in [1.165, 1.54) is 0 Å². The molecule has 2 N–H and O–H groups in total. The molecule has 3 heteroatoms. The van der Waals surface area contributed by atoms with Crippen molar-refractivity contribution in [1.82, 2.24) is 0 Å². The molecule has 0 saturated carbocycles. The van der Waals surface area contributed by atoms with Crippen LogP contribution in [0.3, 0.4) is 0 Å². The van der Waals surface area contributed by atoms with E-state index in [2.05, 4.69) is 13.2 Å². The molecule has 0 amide bonds. The zero-order valence-corrected chi connectivity index (χ0v) is 11.4. The summed E-state index contributed by atoms with van der Waals surface area (Å²) in [6.45, 7) is 14.7. The van der Waals surface area contributed by atoms with E-state index in [-0.39, 0.29) is 0 Å². The highest BCUT2D eigenvalue weighted by atomic mass is 16.5. The van der Waals surface area contributed by atoms with Gasteiger partial charge in [-0.1, -0.05) is 12.2 Å². The molecule has 100 valence electrons. The number of hydrogen-bond acceptors (Lipinski definition) is 3. The van der Waals surface area contributed by atoms with Crippen molar-refractivity contribution in [2.45, 2.75) is 63.9 Å². The molecule has 0 heterocycles. The molecule has 0 fully saturated rings. The maximum atomic E-state index is 9.47. The van der Waals surface area contributed by atoms with Crippen molar-refractivity contribution in [3.63, 3.8) is 0 Å². The van der Waals surface area contributed by atoms with Gasteiger partial charge in [-0.3, -0.25) is 0 Å². The summed E-state index contributed by atoms with van der Waals surface area (Å²) in [6.07, 6.45) is 3.34. The second-order valence-corrected chi connectivity index (χ2v) is 5.24. The normalized spacial score (nSPS) is 22.0. The topological polar surface area (TPSA) is 49.7 Å². The predicted molar refractivity (Wildman–Crippen MR) is 70.9 cm³/mol. The first-order valence-corrected chi connectivity index (χ1v) is 6.00. The highest BCUT2D eigenvalue weighted by molar-refractivity contribution is 5.03. The Bertz CT molecular complexity index is 234. The molecule has 4 atom stereocenters. The summed E-state index contributed by atoms with van der Waals surface area (Å²) in [5.41, 5.74) is -1.27. The second kappa shape index (κ2) is 6.34. The van der Waals surface area contributed by atoms with Crippen molar-refractivity contribution < 1.29 is 14.9 Å². The molecule has 0 aromatic carbocycles. The van der Waals surface area contributed by atoms with Crippen LogP contribution < -0.4 is 0 Å². The zero-order valence-electron chi connectivity index (χ0n) is 11.4. The molecular weight excluding hydrogens is 216 g/mol. The highest BCUT2D eigenvalue weighted by Gasteiger charge is 2.33. The first-order valence-electron chi connectivity index (χ1n) is 6.00. The quantitative estimate of drug-likeness (QED) is 0.643. The smallest absolute Gasteiger partial charge is 0.0868 e. The molecule has 0 aromatic rings.